The largest absolute Gasteiger partial charge is 0.495 e. The Kier molecular flexibility index (Phi) is 7.22. The molecule has 2 unspecified atom stereocenters. The fourth-order valence-corrected chi connectivity index (χ4v) is 5.09. The van der Waals surface area contributed by atoms with E-state index >= 15 is 0 Å². The maximum absolute atomic E-state index is 13.2. The molecular weight excluding hydrogens is 456 g/mol. The van der Waals surface area contributed by atoms with Crippen molar-refractivity contribution < 1.29 is 27.4 Å². The zero-order valence-electron chi connectivity index (χ0n) is 18.6. The van der Waals surface area contributed by atoms with Gasteiger partial charge in [0.1, 0.15) is 11.5 Å². The molecule has 2 aromatic rings. The highest BCUT2D eigenvalue weighted by molar-refractivity contribution is 7.92. The molecule has 0 saturated carbocycles. The van der Waals surface area contributed by atoms with Gasteiger partial charge in [-0.25, -0.2) is 8.42 Å². The lowest BCUT2D eigenvalue weighted by Crippen LogP contribution is -2.50. The summed E-state index contributed by atoms with van der Waals surface area (Å²) in [5.74, 6) is 0.356. The highest BCUT2D eigenvalue weighted by Gasteiger charge is 2.29. The summed E-state index contributed by atoms with van der Waals surface area (Å²) >= 11 is 6.17. The van der Waals surface area contributed by atoms with Crippen molar-refractivity contribution in [3.63, 3.8) is 0 Å². The molecule has 1 saturated heterocycles. The summed E-state index contributed by atoms with van der Waals surface area (Å²) in [5, 5.41) is 0.224. The van der Waals surface area contributed by atoms with Crippen LogP contribution in [0.2, 0.25) is 5.02 Å². The monoisotopic (exact) mass is 482 g/mol. The van der Waals surface area contributed by atoms with Gasteiger partial charge >= 0.3 is 0 Å². The molecule has 1 N–H and O–H groups in total. The van der Waals surface area contributed by atoms with Gasteiger partial charge in [-0.2, -0.15) is 0 Å². The van der Waals surface area contributed by atoms with Crippen LogP contribution in [0.3, 0.4) is 0 Å². The maximum atomic E-state index is 13.2. The first-order chi connectivity index (χ1) is 15.1. The van der Waals surface area contributed by atoms with Gasteiger partial charge in [0.2, 0.25) is 0 Å². The average Bonchev–Trinajstić information content (AvgIpc) is 2.75. The minimum Gasteiger partial charge on any atom is -0.495 e. The van der Waals surface area contributed by atoms with Crippen molar-refractivity contribution in [2.24, 2.45) is 0 Å². The predicted molar refractivity (Wildman–Crippen MR) is 122 cm³/mol. The van der Waals surface area contributed by atoms with Crippen LogP contribution in [-0.2, 0) is 14.8 Å². The molecule has 0 aliphatic carbocycles. The molecule has 1 aliphatic heterocycles. The van der Waals surface area contributed by atoms with Crippen LogP contribution < -0.4 is 14.2 Å². The Balaban J connectivity index is 1.96. The molecule has 0 bridgehead atoms. The van der Waals surface area contributed by atoms with Gasteiger partial charge in [0, 0.05) is 18.2 Å². The van der Waals surface area contributed by atoms with Gasteiger partial charge in [-0.1, -0.05) is 17.7 Å². The van der Waals surface area contributed by atoms with Gasteiger partial charge in [-0.05, 0) is 44.5 Å². The van der Waals surface area contributed by atoms with Gasteiger partial charge in [0.15, 0.2) is 0 Å². The number of anilines is 1. The van der Waals surface area contributed by atoms with E-state index in [4.69, 9.17) is 25.8 Å². The number of morpholine rings is 1. The number of methoxy groups -OCH3 is 2. The molecule has 2 aromatic carbocycles. The Morgan fingerprint density at radius 2 is 1.84 bits per heavy atom. The Morgan fingerprint density at radius 1 is 1.16 bits per heavy atom. The quantitative estimate of drug-likeness (QED) is 0.674. The maximum Gasteiger partial charge on any atom is 0.262 e. The van der Waals surface area contributed by atoms with Crippen molar-refractivity contribution in [2.75, 3.05) is 32.1 Å². The summed E-state index contributed by atoms with van der Waals surface area (Å²) < 4.78 is 45.0. The van der Waals surface area contributed by atoms with Crippen LogP contribution in [0.4, 0.5) is 5.69 Å². The Bertz CT molecular complexity index is 1120. The number of nitrogens with zero attached hydrogens (tertiary/aromatic N) is 1. The van der Waals surface area contributed by atoms with Crippen LogP contribution in [0, 0.1) is 6.92 Å². The molecule has 0 aromatic heterocycles. The van der Waals surface area contributed by atoms with E-state index < -0.39 is 10.0 Å². The van der Waals surface area contributed by atoms with Crippen LogP contribution >= 0.6 is 11.6 Å². The van der Waals surface area contributed by atoms with E-state index in [-0.39, 0.29) is 45.0 Å². The van der Waals surface area contributed by atoms with Crippen molar-refractivity contribution in [3.05, 3.63) is 46.5 Å². The first kappa shape index (κ1) is 24.2. The Morgan fingerprint density at radius 3 is 2.50 bits per heavy atom. The zero-order valence-corrected chi connectivity index (χ0v) is 20.2. The first-order valence-corrected chi connectivity index (χ1v) is 11.9. The summed E-state index contributed by atoms with van der Waals surface area (Å²) in [6.07, 6.45) is -0.0854. The van der Waals surface area contributed by atoms with Gasteiger partial charge in [-0.3, -0.25) is 9.52 Å². The zero-order chi connectivity index (χ0) is 23.6. The third-order valence-electron chi connectivity index (χ3n) is 5.31. The van der Waals surface area contributed by atoms with E-state index in [1.54, 1.807) is 24.0 Å². The van der Waals surface area contributed by atoms with Crippen molar-refractivity contribution >= 4 is 33.2 Å². The summed E-state index contributed by atoms with van der Waals surface area (Å²) in [4.78, 5) is 14.8. The van der Waals surface area contributed by atoms with Crippen molar-refractivity contribution in [2.45, 2.75) is 37.8 Å². The second-order valence-electron chi connectivity index (χ2n) is 7.72. The average molecular weight is 483 g/mol. The fourth-order valence-electron chi connectivity index (χ4n) is 3.51. The van der Waals surface area contributed by atoms with Gasteiger partial charge in [-0.15, -0.1) is 0 Å². The Labute approximate surface area is 193 Å². The second-order valence-corrected chi connectivity index (χ2v) is 9.78. The summed E-state index contributed by atoms with van der Waals surface area (Å²) in [5.41, 5.74) is 0.942. The third kappa shape index (κ3) is 4.95. The molecule has 1 amide bonds. The highest BCUT2D eigenvalue weighted by atomic mass is 35.5. The number of rotatable bonds is 6. The summed E-state index contributed by atoms with van der Waals surface area (Å²) in [6, 6.07) is 7.45. The molecule has 1 fully saturated rings. The molecule has 174 valence electrons. The molecule has 1 aliphatic rings. The first-order valence-electron chi connectivity index (χ1n) is 10.0. The summed E-state index contributed by atoms with van der Waals surface area (Å²) in [6.45, 7) is 6.34. The minimum atomic E-state index is -4.05. The minimum absolute atomic E-state index is 0.00805. The number of hydrogen-bond acceptors (Lipinski definition) is 6. The number of halogens is 1. The van der Waals surface area contributed by atoms with Gasteiger partial charge < -0.3 is 19.1 Å². The molecule has 1 heterocycles. The van der Waals surface area contributed by atoms with Crippen molar-refractivity contribution in [1.29, 1.82) is 0 Å². The summed E-state index contributed by atoms with van der Waals surface area (Å²) in [7, 11) is -1.19. The standard InChI is InChI=1S/C22H27ClN2O6S/c1-13-6-7-16(22(26)25-11-15(3)31-12-14(25)2)8-21(13)32(27,28)24-18-9-17(23)19(29-4)10-20(18)30-5/h6-10,14-15,24H,11-12H2,1-5H3. The third-order valence-corrected chi connectivity index (χ3v) is 7.11. The van der Waals surface area contributed by atoms with E-state index in [1.807, 2.05) is 13.8 Å². The molecule has 32 heavy (non-hydrogen) atoms. The number of carbonyl (C=O) groups excluding carboxylic acids is 1. The number of aryl methyl sites for hydroxylation is 1. The van der Waals surface area contributed by atoms with Crippen LogP contribution in [-0.4, -0.2) is 58.7 Å². The van der Waals surface area contributed by atoms with Crippen LogP contribution in [0.15, 0.2) is 35.2 Å². The lowest BCUT2D eigenvalue weighted by molar-refractivity contribution is -0.0387. The van der Waals surface area contributed by atoms with E-state index in [0.717, 1.165) is 0 Å². The molecule has 3 rings (SSSR count). The number of carbonyl (C=O) groups is 1. The van der Waals surface area contributed by atoms with E-state index in [0.29, 0.717) is 24.5 Å². The van der Waals surface area contributed by atoms with E-state index in [2.05, 4.69) is 4.72 Å². The van der Waals surface area contributed by atoms with Crippen LogP contribution in [0.25, 0.3) is 0 Å². The van der Waals surface area contributed by atoms with Crippen molar-refractivity contribution in [3.8, 4) is 11.5 Å². The second kappa shape index (κ2) is 9.56. The van der Waals surface area contributed by atoms with E-state index in [9.17, 15) is 13.2 Å². The topological polar surface area (TPSA) is 94.2 Å². The number of hydrogen-bond donors (Lipinski definition) is 1. The van der Waals surface area contributed by atoms with E-state index in [1.165, 1.54) is 32.4 Å². The number of nitrogens with one attached hydrogen (secondary N) is 1. The van der Waals surface area contributed by atoms with Crippen molar-refractivity contribution in [1.82, 2.24) is 4.90 Å². The molecular formula is C22H27ClN2O6S. The number of sulfonamides is 1. The number of ether oxygens (including phenoxy) is 3. The lowest BCUT2D eigenvalue weighted by atomic mass is 10.1. The normalized spacial score (nSPS) is 18.9. The molecule has 10 heteroatoms. The van der Waals surface area contributed by atoms with Gasteiger partial charge in [0.25, 0.3) is 15.9 Å². The SMILES string of the molecule is COc1cc(OC)c(NS(=O)(=O)c2cc(C(=O)N3CC(C)OCC3C)ccc2C)cc1Cl. The van der Waals surface area contributed by atoms with Crippen LogP contribution in [0.1, 0.15) is 29.8 Å². The number of amides is 1. The Hall–Kier alpha value is -2.49. The molecule has 2 atom stereocenters. The lowest BCUT2D eigenvalue weighted by Gasteiger charge is -2.37. The number of benzene rings is 2. The highest BCUT2D eigenvalue weighted by Crippen LogP contribution is 2.37. The molecule has 8 nitrogen and oxygen atoms in total. The van der Waals surface area contributed by atoms with Gasteiger partial charge in [0.05, 0.1) is 48.6 Å². The predicted octanol–water partition coefficient (Wildman–Crippen LogP) is 3.72. The van der Waals surface area contributed by atoms with Crippen LogP contribution in [0.5, 0.6) is 11.5 Å². The smallest absolute Gasteiger partial charge is 0.262 e. The molecule has 0 spiro atoms. The fraction of sp³-hybridized carbons (Fsp3) is 0.409. The molecule has 0 radical (unpaired) electrons.